The van der Waals surface area contributed by atoms with Gasteiger partial charge in [-0.15, -0.1) is 11.3 Å². The van der Waals surface area contributed by atoms with Gasteiger partial charge < -0.3 is 9.64 Å². The fraction of sp³-hybridized carbons (Fsp3) is 0.700. The number of carbonyl (C=O) groups is 2. The summed E-state index contributed by atoms with van der Waals surface area (Å²) in [6.07, 6.45) is 4.27. The van der Waals surface area contributed by atoms with Crippen molar-refractivity contribution in [3.05, 3.63) is 21.4 Å². The molecule has 1 aromatic rings. The zero-order valence-corrected chi connectivity index (χ0v) is 18.4. The van der Waals surface area contributed by atoms with Gasteiger partial charge in [-0.1, -0.05) is 13.8 Å². The number of hydrogen-bond donors (Lipinski definition) is 0. The van der Waals surface area contributed by atoms with Crippen molar-refractivity contribution in [1.29, 1.82) is 0 Å². The van der Waals surface area contributed by atoms with Crippen molar-refractivity contribution >= 4 is 33.1 Å². The molecule has 6 nitrogen and oxygen atoms in total. The van der Waals surface area contributed by atoms with Crippen LogP contribution in [0, 0.1) is 5.92 Å². The third kappa shape index (κ3) is 4.76. The van der Waals surface area contributed by atoms with E-state index < -0.39 is 15.8 Å². The number of rotatable bonds is 6. The Bertz CT molecular complexity index is 845. The van der Waals surface area contributed by atoms with Crippen LogP contribution in [0.2, 0.25) is 0 Å². The van der Waals surface area contributed by atoms with Crippen LogP contribution >= 0.6 is 11.3 Å². The molecule has 0 bridgehead atoms. The third-order valence-electron chi connectivity index (χ3n) is 5.81. The molecule has 0 saturated carbocycles. The maximum Gasteiger partial charge on any atom is 0.348 e. The number of carbonyl (C=O) groups excluding carboxylic acids is 2. The highest BCUT2D eigenvalue weighted by Gasteiger charge is 2.36. The van der Waals surface area contributed by atoms with Crippen LogP contribution in [0.15, 0.2) is 6.07 Å². The average molecular weight is 428 g/mol. The molecular weight excluding hydrogens is 398 g/mol. The molecule has 156 valence electrons. The van der Waals surface area contributed by atoms with E-state index in [1.165, 1.54) is 21.8 Å². The summed E-state index contributed by atoms with van der Waals surface area (Å²) in [4.78, 5) is 28.6. The van der Waals surface area contributed by atoms with E-state index in [0.29, 0.717) is 23.6 Å². The summed E-state index contributed by atoms with van der Waals surface area (Å²) < 4.78 is 29.0. The summed E-state index contributed by atoms with van der Waals surface area (Å²) in [5, 5.41) is 0. The molecule has 0 unspecified atom stereocenters. The molecule has 0 radical (unpaired) electrons. The van der Waals surface area contributed by atoms with Gasteiger partial charge in [-0.25, -0.2) is 13.2 Å². The molecule has 1 aliphatic heterocycles. The lowest BCUT2D eigenvalue weighted by Crippen LogP contribution is -2.48. The van der Waals surface area contributed by atoms with Gasteiger partial charge in [0.05, 0.1) is 11.5 Å². The Balaban J connectivity index is 1.63. The van der Waals surface area contributed by atoms with Crippen LogP contribution < -0.4 is 0 Å². The van der Waals surface area contributed by atoms with Gasteiger partial charge in [0.25, 0.3) is 5.91 Å². The summed E-state index contributed by atoms with van der Waals surface area (Å²) in [6, 6.07) is 1.47. The maximum absolute atomic E-state index is 12.8. The van der Waals surface area contributed by atoms with E-state index in [2.05, 4.69) is 6.92 Å². The van der Waals surface area contributed by atoms with E-state index in [9.17, 15) is 18.0 Å². The van der Waals surface area contributed by atoms with Gasteiger partial charge in [0.1, 0.15) is 4.88 Å². The van der Waals surface area contributed by atoms with Gasteiger partial charge in [0.15, 0.2) is 16.4 Å². The lowest BCUT2D eigenvalue weighted by molar-refractivity contribution is -0.138. The molecule has 1 aromatic heterocycles. The van der Waals surface area contributed by atoms with Gasteiger partial charge in [-0.3, -0.25) is 4.79 Å². The molecule has 1 aliphatic carbocycles. The number of ether oxygens (including phenoxy) is 1. The topological polar surface area (TPSA) is 80.8 Å². The van der Waals surface area contributed by atoms with Crippen LogP contribution in [0.1, 0.15) is 60.1 Å². The van der Waals surface area contributed by atoms with E-state index in [0.717, 1.165) is 19.3 Å². The van der Waals surface area contributed by atoms with E-state index in [4.69, 9.17) is 4.74 Å². The first kappa shape index (κ1) is 21.3. The van der Waals surface area contributed by atoms with Crippen LogP contribution in [-0.2, 0) is 32.2 Å². The molecule has 3 atom stereocenters. The van der Waals surface area contributed by atoms with Crippen LogP contribution in [0.4, 0.5) is 0 Å². The molecule has 0 aromatic carbocycles. The second-order valence-electron chi connectivity index (χ2n) is 8.10. The molecule has 1 fully saturated rings. The Morgan fingerprint density at radius 1 is 1.36 bits per heavy atom. The van der Waals surface area contributed by atoms with Crippen molar-refractivity contribution in [1.82, 2.24) is 4.90 Å². The molecule has 28 heavy (non-hydrogen) atoms. The number of thiophene rings is 1. The maximum atomic E-state index is 12.8. The van der Waals surface area contributed by atoms with Crippen molar-refractivity contribution in [3.8, 4) is 0 Å². The van der Waals surface area contributed by atoms with Crippen molar-refractivity contribution in [2.45, 2.75) is 65.0 Å². The van der Waals surface area contributed by atoms with Crippen LogP contribution in [-0.4, -0.2) is 55.4 Å². The van der Waals surface area contributed by atoms with E-state index in [-0.39, 0.29) is 36.1 Å². The standard InChI is InChI=1S/C20H29NO5S2/c1-4-14(3)21(16-7-8-28(24,25)12-16)19(22)11-26-20(23)18-10-15-9-13(2)5-6-17(15)27-18/h10,13-14,16H,4-9,11-12H2,1-3H3/t13-,14-,16-/m0/s1. The minimum atomic E-state index is -3.10. The molecule has 1 saturated heterocycles. The van der Waals surface area contributed by atoms with Gasteiger partial charge in [0.2, 0.25) is 0 Å². The van der Waals surface area contributed by atoms with Crippen molar-refractivity contribution in [2.24, 2.45) is 5.92 Å². The first-order chi connectivity index (χ1) is 13.2. The zero-order valence-electron chi connectivity index (χ0n) is 16.8. The fourth-order valence-corrected chi connectivity index (χ4v) is 6.89. The molecule has 8 heteroatoms. The smallest absolute Gasteiger partial charge is 0.348 e. The predicted octanol–water partition coefficient (Wildman–Crippen LogP) is 2.84. The normalized spacial score (nSPS) is 24.4. The number of hydrogen-bond acceptors (Lipinski definition) is 6. The summed E-state index contributed by atoms with van der Waals surface area (Å²) in [5.74, 6) is -0.0634. The number of sulfone groups is 1. The van der Waals surface area contributed by atoms with Crippen molar-refractivity contribution in [3.63, 3.8) is 0 Å². The lowest BCUT2D eigenvalue weighted by Gasteiger charge is -2.33. The Morgan fingerprint density at radius 3 is 2.75 bits per heavy atom. The Kier molecular flexibility index (Phi) is 6.49. The highest BCUT2D eigenvalue weighted by Crippen LogP contribution is 2.32. The molecule has 0 spiro atoms. The minimum Gasteiger partial charge on any atom is -0.451 e. The fourth-order valence-electron chi connectivity index (χ4n) is 4.08. The average Bonchev–Trinajstić information content (AvgIpc) is 3.22. The number of esters is 1. The van der Waals surface area contributed by atoms with E-state index in [1.54, 1.807) is 4.90 Å². The lowest BCUT2D eigenvalue weighted by atomic mass is 9.90. The monoisotopic (exact) mass is 427 g/mol. The van der Waals surface area contributed by atoms with Gasteiger partial charge in [-0.05, 0) is 56.6 Å². The van der Waals surface area contributed by atoms with E-state index in [1.807, 2.05) is 19.9 Å². The Hall–Kier alpha value is -1.41. The van der Waals surface area contributed by atoms with Crippen LogP contribution in [0.5, 0.6) is 0 Å². The summed E-state index contributed by atoms with van der Waals surface area (Å²) in [5.41, 5.74) is 1.22. The number of aryl methyl sites for hydroxylation is 1. The molecule has 2 heterocycles. The van der Waals surface area contributed by atoms with Crippen molar-refractivity contribution in [2.75, 3.05) is 18.1 Å². The number of nitrogens with zero attached hydrogens (tertiary/aromatic N) is 1. The Morgan fingerprint density at radius 2 is 2.11 bits per heavy atom. The van der Waals surface area contributed by atoms with Crippen LogP contribution in [0.3, 0.4) is 0 Å². The second kappa shape index (κ2) is 8.53. The highest BCUT2D eigenvalue weighted by atomic mass is 32.2. The molecule has 1 amide bonds. The summed E-state index contributed by atoms with van der Waals surface area (Å²) >= 11 is 1.46. The zero-order chi connectivity index (χ0) is 20.5. The minimum absolute atomic E-state index is 0.00709. The molecule has 2 aliphatic rings. The quantitative estimate of drug-likeness (QED) is 0.652. The Labute approximate surface area is 171 Å². The first-order valence-electron chi connectivity index (χ1n) is 10.0. The first-order valence-corrected chi connectivity index (χ1v) is 12.6. The molecular formula is C20H29NO5S2. The van der Waals surface area contributed by atoms with Crippen molar-refractivity contribution < 1.29 is 22.7 Å². The van der Waals surface area contributed by atoms with E-state index >= 15 is 0 Å². The number of fused-ring (bicyclic) bond motifs is 1. The summed E-state index contributed by atoms with van der Waals surface area (Å²) in [7, 11) is -3.10. The highest BCUT2D eigenvalue weighted by molar-refractivity contribution is 7.91. The SMILES string of the molecule is CC[C@H](C)N(C(=O)COC(=O)c1cc2c(s1)CC[C@H](C)C2)[C@H]1CCS(=O)(=O)C1. The second-order valence-corrected chi connectivity index (χ2v) is 11.5. The van der Waals surface area contributed by atoms with Gasteiger partial charge >= 0.3 is 5.97 Å². The van der Waals surface area contributed by atoms with Gasteiger partial charge in [0, 0.05) is 17.0 Å². The van der Waals surface area contributed by atoms with Crippen LogP contribution in [0.25, 0.3) is 0 Å². The number of amides is 1. The predicted molar refractivity (Wildman–Crippen MR) is 109 cm³/mol. The molecule has 3 rings (SSSR count). The third-order valence-corrected chi connectivity index (χ3v) is 8.78. The summed E-state index contributed by atoms with van der Waals surface area (Å²) in [6.45, 7) is 5.72. The largest absolute Gasteiger partial charge is 0.451 e. The van der Waals surface area contributed by atoms with Gasteiger partial charge in [-0.2, -0.15) is 0 Å². The molecule has 0 N–H and O–H groups in total.